The summed E-state index contributed by atoms with van der Waals surface area (Å²) >= 11 is 12.6. The van der Waals surface area contributed by atoms with Gasteiger partial charge in [0.25, 0.3) is 11.8 Å². The van der Waals surface area contributed by atoms with Crippen molar-refractivity contribution in [1.82, 2.24) is 10.4 Å². The minimum atomic E-state index is -0.766. The van der Waals surface area contributed by atoms with Gasteiger partial charge in [-0.1, -0.05) is 47.5 Å². The first-order valence-electron chi connectivity index (χ1n) is 9.91. The number of nitrogens with one attached hydrogen (secondary N) is 1. The van der Waals surface area contributed by atoms with E-state index in [1.54, 1.807) is 23.6 Å². The molecule has 3 aromatic rings. The summed E-state index contributed by atoms with van der Waals surface area (Å²) in [4.78, 5) is 26.7. The molecule has 0 fully saturated rings. The smallest absolute Gasteiger partial charge is 0.277 e. The molecule has 0 spiro atoms. The number of nitrogens with zero attached hydrogens (tertiary/aromatic N) is 1. The first kappa shape index (κ1) is 22.1. The second kappa shape index (κ2) is 9.20. The molecule has 6 nitrogen and oxygen atoms in total. The van der Waals surface area contributed by atoms with Crippen molar-refractivity contribution in [1.29, 1.82) is 0 Å². The standard InChI is InChI=1S/C24H20Cl2N2O4/c1-32-18-8-6-15(7-9-18)14-2-4-16(5-3-14)24(30)28-11-10-19-17(13-28)12-20(25)21(22(19)26)23(29)27-31/h2-9,12,31H,10-11,13H2,1H3,(H,27,29). The third-order valence-electron chi connectivity index (χ3n) is 5.58. The number of amides is 2. The Balaban J connectivity index is 1.53. The summed E-state index contributed by atoms with van der Waals surface area (Å²) in [7, 11) is 1.63. The summed E-state index contributed by atoms with van der Waals surface area (Å²) in [6, 6.07) is 16.8. The third kappa shape index (κ3) is 4.17. The monoisotopic (exact) mass is 470 g/mol. The fraction of sp³-hybridized carbons (Fsp3) is 0.167. The molecule has 0 aliphatic carbocycles. The second-order valence-electron chi connectivity index (χ2n) is 7.41. The van der Waals surface area contributed by atoms with E-state index in [0.717, 1.165) is 28.0 Å². The van der Waals surface area contributed by atoms with Crippen molar-refractivity contribution in [2.24, 2.45) is 0 Å². The van der Waals surface area contributed by atoms with E-state index >= 15 is 0 Å². The van der Waals surface area contributed by atoms with Crippen LogP contribution in [0.4, 0.5) is 0 Å². The van der Waals surface area contributed by atoms with Crippen molar-refractivity contribution in [3.63, 3.8) is 0 Å². The highest BCUT2D eigenvalue weighted by Crippen LogP contribution is 2.35. The number of benzene rings is 3. The summed E-state index contributed by atoms with van der Waals surface area (Å²) in [6.45, 7) is 0.780. The van der Waals surface area contributed by atoms with Gasteiger partial charge in [0.1, 0.15) is 5.75 Å². The summed E-state index contributed by atoms with van der Waals surface area (Å²) in [5.41, 5.74) is 5.75. The number of hydroxylamine groups is 1. The highest BCUT2D eigenvalue weighted by molar-refractivity contribution is 6.40. The van der Waals surface area contributed by atoms with Gasteiger partial charge in [0, 0.05) is 18.7 Å². The Kier molecular flexibility index (Phi) is 6.37. The van der Waals surface area contributed by atoms with Crippen LogP contribution in [0.25, 0.3) is 11.1 Å². The molecule has 0 atom stereocenters. The van der Waals surface area contributed by atoms with E-state index in [-0.39, 0.29) is 21.5 Å². The Hall–Kier alpha value is -3.06. The van der Waals surface area contributed by atoms with Gasteiger partial charge in [-0.3, -0.25) is 14.8 Å². The molecule has 2 N–H and O–H groups in total. The van der Waals surface area contributed by atoms with E-state index < -0.39 is 5.91 Å². The number of fused-ring (bicyclic) bond motifs is 1. The molecular weight excluding hydrogens is 451 g/mol. The maximum atomic E-state index is 13.1. The SMILES string of the molecule is COc1ccc(-c2ccc(C(=O)N3CCc4c(cc(Cl)c(C(=O)NO)c4Cl)C3)cc2)cc1. The summed E-state index contributed by atoms with van der Waals surface area (Å²) in [5.74, 6) is -0.0742. The minimum absolute atomic E-state index is 0.0310. The zero-order valence-electron chi connectivity index (χ0n) is 17.2. The zero-order valence-corrected chi connectivity index (χ0v) is 18.7. The zero-order chi connectivity index (χ0) is 22.8. The van der Waals surface area contributed by atoms with Crippen LogP contribution in [0.1, 0.15) is 31.8 Å². The first-order valence-corrected chi connectivity index (χ1v) is 10.7. The van der Waals surface area contributed by atoms with Gasteiger partial charge < -0.3 is 9.64 Å². The quantitative estimate of drug-likeness (QED) is 0.415. The Morgan fingerprint density at radius 1 is 1.03 bits per heavy atom. The van der Waals surface area contributed by atoms with Gasteiger partial charge in [-0.05, 0) is 59.0 Å². The van der Waals surface area contributed by atoms with Crippen molar-refractivity contribution < 1.29 is 19.5 Å². The fourth-order valence-corrected chi connectivity index (χ4v) is 4.62. The van der Waals surface area contributed by atoms with Gasteiger partial charge in [0.2, 0.25) is 0 Å². The molecular formula is C24H20Cl2N2O4. The van der Waals surface area contributed by atoms with E-state index in [9.17, 15) is 9.59 Å². The lowest BCUT2D eigenvalue weighted by Crippen LogP contribution is -2.36. The lowest BCUT2D eigenvalue weighted by atomic mass is 9.96. The molecule has 32 heavy (non-hydrogen) atoms. The summed E-state index contributed by atoms with van der Waals surface area (Å²) in [5, 5.41) is 9.25. The van der Waals surface area contributed by atoms with Crippen molar-refractivity contribution in [2.45, 2.75) is 13.0 Å². The van der Waals surface area contributed by atoms with Crippen molar-refractivity contribution >= 4 is 35.0 Å². The van der Waals surface area contributed by atoms with Gasteiger partial charge in [-0.25, -0.2) is 5.48 Å². The maximum absolute atomic E-state index is 13.1. The van der Waals surface area contributed by atoms with E-state index in [2.05, 4.69) is 0 Å². The Morgan fingerprint density at radius 2 is 1.66 bits per heavy atom. The average molecular weight is 471 g/mol. The van der Waals surface area contributed by atoms with Crippen molar-refractivity contribution in [2.75, 3.05) is 13.7 Å². The topological polar surface area (TPSA) is 78.9 Å². The van der Waals surface area contributed by atoms with Crippen LogP contribution in [-0.4, -0.2) is 35.6 Å². The molecule has 0 unspecified atom stereocenters. The number of rotatable bonds is 4. The molecule has 1 aliphatic rings. The first-order chi connectivity index (χ1) is 15.4. The van der Waals surface area contributed by atoms with Gasteiger partial charge in [-0.2, -0.15) is 0 Å². The Bertz CT molecular complexity index is 1180. The van der Waals surface area contributed by atoms with Gasteiger partial charge >= 0.3 is 0 Å². The average Bonchev–Trinajstić information content (AvgIpc) is 2.83. The van der Waals surface area contributed by atoms with Crippen LogP contribution in [-0.2, 0) is 13.0 Å². The fourth-order valence-electron chi connectivity index (χ4n) is 3.86. The van der Waals surface area contributed by atoms with Crippen LogP contribution in [0.15, 0.2) is 54.6 Å². The molecule has 1 heterocycles. The second-order valence-corrected chi connectivity index (χ2v) is 8.19. The van der Waals surface area contributed by atoms with E-state index in [0.29, 0.717) is 25.1 Å². The molecule has 4 rings (SSSR count). The highest BCUT2D eigenvalue weighted by atomic mass is 35.5. The Morgan fingerprint density at radius 3 is 2.25 bits per heavy atom. The predicted octanol–water partition coefficient (Wildman–Crippen LogP) is 4.99. The largest absolute Gasteiger partial charge is 0.497 e. The number of hydrogen-bond acceptors (Lipinski definition) is 4. The normalized spacial score (nSPS) is 12.8. The molecule has 0 saturated heterocycles. The van der Waals surface area contributed by atoms with Crippen molar-refractivity contribution in [3.8, 4) is 16.9 Å². The van der Waals surface area contributed by atoms with Crippen molar-refractivity contribution in [3.05, 3.63) is 86.9 Å². The predicted molar refractivity (Wildman–Crippen MR) is 123 cm³/mol. The molecule has 0 bridgehead atoms. The number of methoxy groups -OCH3 is 1. The highest BCUT2D eigenvalue weighted by Gasteiger charge is 2.27. The number of ether oxygens (including phenoxy) is 1. The van der Waals surface area contributed by atoms with Crippen LogP contribution >= 0.6 is 23.2 Å². The summed E-state index contributed by atoms with van der Waals surface area (Å²) < 4.78 is 5.19. The number of hydrogen-bond donors (Lipinski definition) is 2. The van der Waals surface area contributed by atoms with Gasteiger partial charge in [0.15, 0.2) is 0 Å². The molecule has 0 saturated carbocycles. The van der Waals surface area contributed by atoms with Crippen LogP contribution in [0.2, 0.25) is 10.0 Å². The maximum Gasteiger partial charge on any atom is 0.277 e. The van der Waals surface area contributed by atoms with Crippen LogP contribution in [0.5, 0.6) is 5.75 Å². The van der Waals surface area contributed by atoms with E-state index in [4.69, 9.17) is 33.1 Å². The van der Waals surface area contributed by atoms with E-state index in [1.165, 1.54) is 0 Å². The third-order valence-corrected chi connectivity index (χ3v) is 6.29. The molecule has 164 valence electrons. The molecule has 1 aliphatic heterocycles. The lowest BCUT2D eigenvalue weighted by Gasteiger charge is -2.30. The number of carbonyl (C=O) groups is 2. The molecule has 2 amide bonds. The van der Waals surface area contributed by atoms with Crippen LogP contribution in [0, 0.1) is 0 Å². The molecule has 3 aromatic carbocycles. The van der Waals surface area contributed by atoms with Gasteiger partial charge in [0.05, 0.1) is 22.7 Å². The Labute approximate surface area is 195 Å². The molecule has 8 heteroatoms. The summed E-state index contributed by atoms with van der Waals surface area (Å²) in [6.07, 6.45) is 0.479. The van der Waals surface area contributed by atoms with Crippen LogP contribution in [0.3, 0.4) is 0 Å². The lowest BCUT2D eigenvalue weighted by molar-refractivity contribution is 0.0703. The molecule has 0 radical (unpaired) electrons. The molecule has 0 aromatic heterocycles. The minimum Gasteiger partial charge on any atom is -0.497 e. The van der Waals surface area contributed by atoms with Crippen LogP contribution < -0.4 is 10.2 Å². The number of halogens is 2. The van der Waals surface area contributed by atoms with Gasteiger partial charge in [-0.15, -0.1) is 0 Å². The number of carbonyl (C=O) groups excluding carboxylic acids is 2. The van der Waals surface area contributed by atoms with E-state index in [1.807, 2.05) is 48.5 Å².